The van der Waals surface area contributed by atoms with E-state index < -0.39 is 24.2 Å². The zero-order valence-corrected chi connectivity index (χ0v) is 32.9. The average Bonchev–Trinajstić information content (AvgIpc) is 3.71. The highest BCUT2D eigenvalue weighted by Crippen LogP contribution is 2.18. The largest absolute Gasteiger partial charge is 0.129 e. The van der Waals surface area contributed by atoms with E-state index in [2.05, 4.69) is 165 Å². The van der Waals surface area contributed by atoms with Gasteiger partial charge < -0.3 is 0 Å². The van der Waals surface area contributed by atoms with Crippen molar-refractivity contribution in [2.45, 2.75) is 58.9 Å². The van der Waals surface area contributed by atoms with E-state index in [-0.39, 0.29) is 0 Å². The first-order valence-corrected chi connectivity index (χ1v) is 27.6. The normalized spacial score (nSPS) is 10.6. The Morgan fingerprint density at radius 1 is 0.333 bits per heavy atom. The number of thiophene rings is 3. The summed E-state index contributed by atoms with van der Waals surface area (Å²) >= 11 is 4.91. The van der Waals surface area contributed by atoms with Crippen LogP contribution in [0.2, 0.25) is 58.9 Å². The lowest BCUT2D eigenvalue weighted by Gasteiger charge is -2.02. The van der Waals surface area contributed by atoms with E-state index in [1.807, 2.05) is 18.2 Å². The van der Waals surface area contributed by atoms with Crippen molar-refractivity contribution in [1.29, 1.82) is 0 Å². The van der Waals surface area contributed by atoms with Gasteiger partial charge in [0.1, 0.15) is 24.2 Å². The quantitative estimate of drug-likeness (QED) is 0.128. The molecule has 0 aliphatic carbocycles. The van der Waals surface area contributed by atoms with Crippen LogP contribution >= 0.6 is 34.0 Å². The molecular formula is C39H36S3Si3. The van der Waals surface area contributed by atoms with E-state index in [1.54, 1.807) is 34.0 Å². The molecule has 222 valence electrons. The minimum atomic E-state index is -1.43. The Hall–Kier alpha value is -3.67. The molecule has 0 aliphatic rings. The van der Waals surface area contributed by atoms with Crippen molar-refractivity contribution in [2.24, 2.45) is 0 Å². The van der Waals surface area contributed by atoms with Crippen molar-refractivity contribution < 1.29 is 0 Å². The standard InChI is InChI=1S/C39H36S3Si3/c1-43(2,3)25-22-37-19-16-34(40-37)13-10-31-28-32(11-14-35-17-20-38(41-35)23-26-44(4,5)6)30-33(29-31)12-15-36-18-21-39(42-36)24-27-45(7,8)9/h16-21,28-30H,1-9H3. The van der Waals surface area contributed by atoms with Crippen molar-refractivity contribution in [1.82, 2.24) is 0 Å². The summed E-state index contributed by atoms with van der Waals surface area (Å²) < 4.78 is 0. The van der Waals surface area contributed by atoms with E-state index in [0.717, 1.165) is 46.0 Å². The van der Waals surface area contributed by atoms with Crippen LogP contribution in [0.25, 0.3) is 0 Å². The summed E-state index contributed by atoms with van der Waals surface area (Å²) in [5, 5.41) is 0. The molecule has 0 radical (unpaired) electrons. The Bertz CT molecular complexity index is 1840. The molecule has 4 aromatic rings. The summed E-state index contributed by atoms with van der Waals surface area (Å²) in [5.74, 6) is 30.1. The number of hydrogen-bond acceptors (Lipinski definition) is 3. The lowest BCUT2D eigenvalue weighted by molar-refractivity contribution is 1.56. The van der Waals surface area contributed by atoms with Gasteiger partial charge in [-0.2, -0.15) is 0 Å². The lowest BCUT2D eigenvalue weighted by Crippen LogP contribution is -2.16. The number of hydrogen-bond donors (Lipinski definition) is 0. The molecule has 4 rings (SSSR count). The second-order valence-electron chi connectivity index (χ2n) is 13.5. The van der Waals surface area contributed by atoms with Gasteiger partial charge in [-0.1, -0.05) is 112 Å². The summed E-state index contributed by atoms with van der Waals surface area (Å²) in [6, 6.07) is 18.5. The van der Waals surface area contributed by atoms with Gasteiger partial charge in [0.05, 0.1) is 29.3 Å². The number of rotatable bonds is 0. The van der Waals surface area contributed by atoms with Gasteiger partial charge in [0.25, 0.3) is 0 Å². The molecule has 3 heterocycles. The molecular weight excluding hydrogens is 649 g/mol. The maximum atomic E-state index is 3.44. The van der Waals surface area contributed by atoms with Crippen LogP contribution in [0.1, 0.15) is 46.0 Å². The fourth-order valence-corrected chi connectivity index (χ4v) is 7.35. The van der Waals surface area contributed by atoms with Crippen LogP contribution in [0.5, 0.6) is 0 Å². The minimum absolute atomic E-state index is 0.884. The smallest absolute Gasteiger partial charge is 0.126 e. The van der Waals surface area contributed by atoms with E-state index >= 15 is 0 Å². The van der Waals surface area contributed by atoms with E-state index in [9.17, 15) is 0 Å². The van der Waals surface area contributed by atoms with Gasteiger partial charge in [-0.3, -0.25) is 0 Å². The topological polar surface area (TPSA) is 0 Å². The molecule has 0 amide bonds. The van der Waals surface area contributed by atoms with Gasteiger partial charge in [-0.05, 0) is 54.6 Å². The Kier molecular flexibility index (Phi) is 11.1. The molecule has 3 aromatic heterocycles. The van der Waals surface area contributed by atoms with Crippen molar-refractivity contribution in [2.75, 3.05) is 0 Å². The Balaban J connectivity index is 1.66. The SMILES string of the molecule is C[Si](C)(C)C#Cc1ccc(C#Cc2cc(C#Cc3ccc(C#C[Si](C)(C)C)s3)cc(C#Cc3ccc(C#C[Si](C)(C)C)s3)c2)s1. The first-order valence-electron chi connectivity index (χ1n) is 14.7. The third-order valence-electron chi connectivity index (χ3n) is 5.42. The van der Waals surface area contributed by atoms with Crippen LogP contribution in [-0.4, -0.2) is 24.2 Å². The summed E-state index contributed by atoms with van der Waals surface area (Å²) in [4.78, 5) is 6.16. The van der Waals surface area contributed by atoms with Gasteiger partial charge in [-0.25, -0.2) is 0 Å². The maximum absolute atomic E-state index is 3.44. The Morgan fingerprint density at radius 3 is 0.778 bits per heavy atom. The van der Waals surface area contributed by atoms with Crippen molar-refractivity contribution in [3.05, 3.63) is 101 Å². The molecule has 0 aliphatic heterocycles. The molecule has 0 N–H and O–H groups in total. The Labute approximate surface area is 285 Å². The maximum Gasteiger partial charge on any atom is 0.129 e. The second kappa shape index (κ2) is 14.6. The molecule has 0 atom stereocenters. The van der Waals surface area contributed by atoms with Crippen molar-refractivity contribution in [3.8, 4) is 69.9 Å². The molecule has 0 spiro atoms. The molecule has 0 saturated carbocycles. The fraction of sp³-hybridized carbons (Fsp3) is 0.231. The number of benzene rings is 1. The summed E-state index contributed by atoms with van der Waals surface area (Å²) in [5.41, 5.74) is 13.0. The average molecular weight is 685 g/mol. The highest BCUT2D eigenvalue weighted by molar-refractivity contribution is 7.13. The second-order valence-corrected chi connectivity index (χ2v) is 31.0. The van der Waals surface area contributed by atoms with Crippen LogP contribution in [0.4, 0.5) is 0 Å². The molecule has 6 heteroatoms. The van der Waals surface area contributed by atoms with Crippen LogP contribution < -0.4 is 0 Å². The van der Waals surface area contributed by atoms with Gasteiger partial charge in [0.2, 0.25) is 0 Å². The zero-order chi connectivity index (χ0) is 32.7. The van der Waals surface area contributed by atoms with Gasteiger partial charge in [0, 0.05) is 16.7 Å². The fourth-order valence-electron chi connectivity index (χ4n) is 3.41. The highest BCUT2D eigenvalue weighted by Gasteiger charge is 2.09. The van der Waals surface area contributed by atoms with Crippen LogP contribution in [-0.2, 0) is 0 Å². The van der Waals surface area contributed by atoms with Gasteiger partial charge >= 0.3 is 0 Å². The van der Waals surface area contributed by atoms with Crippen LogP contribution in [0.15, 0.2) is 54.6 Å². The van der Waals surface area contributed by atoms with Crippen LogP contribution in [0, 0.1) is 69.9 Å². The van der Waals surface area contributed by atoms with Gasteiger partial charge in [-0.15, -0.1) is 50.6 Å². The predicted octanol–water partition coefficient (Wildman–Crippen LogP) is 9.76. The van der Waals surface area contributed by atoms with E-state index in [4.69, 9.17) is 0 Å². The molecule has 0 nitrogen and oxygen atoms in total. The summed E-state index contributed by atoms with van der Waals surface area (Å²) in [7, 11) is -4.28. The molecule has 1 aromatic carbocycles. The van der Waals surface area contributed by atoms with E-state index in [1.165, 1.54) is 0 Å². The van der Waals surface area contributed by atoms with Gasteiger partial charge in [0.15, 0.2) is 0 Å². The predicted molar refractivity (Wildman–Crippen MR) is 208 cm³/mol. The summed E-state index contributed by atoms with van der Waals surface area (Å²) in [6.45, 7) is 20.3. The third-order valence-corrected chi connectivity index (χ3v) is 10.8. The summed E-state index contributed by atoms with van der Waals surface area (Å²) in [6.07, 6.45) is 0. The van der Waals surface area contributed by atoms with E-state index in [0.29, 0.717) is 0 Å². The minimum Gasteiger partial charge on any atom is -0.126 e. The monoisotopic (exact) mass is 684 g/mol. The van der Waals surface area contributed by atoms with Crippen LogP contribution in [0.3, 0.4) is 0 Å². The lowest BCUT2D eigenvalue weighted by atomic mass is 10.1. The van der Waals surface area contributed by atoms with Crippen molar-refractivity contribution in [3.63, 3.8) is 0 Å². The molecule has 0 fully saturated rings. The first kappa shape index (κ1) is 34.2. The molecule has 0 bridgehead atoms. The highest BCUT2D eigenvalue weighted by atomic mass is 32.1. The molecule has 0 saturated heterocycles. The first-order chi connectivity index (χ1) is 21.1. The molecule has 45 heavy (non-hydrogen) atoms. The third kappa shape index (κ3) is 12.7. The Morgan fingerprint density at radius 2 is 0.556 bits per heavy atom. The van der Waals surface area contributed by atoms with Crippen molar-refractivity contribution >= 4 is 58.2 Å². The molecule has 0 unspecified atom stereocenters. The zero-order valence-electron chi connectivity index (χ0n) is 27.4.